The van der Waals surface area contributed by atoms with Gasteiger partial charge in [-0.05, 0) is 12.1 Å². The van der Waals surface area contributed by atoms with Crippen molar-refractivity contribution in [2.45, 2.75) is 0 Å². The maximum absolute atomic E-state index is 14.3. The molecule has 0 aliphatic rings. The molecule has 0 unspecified atom stereocenters. The Labute approximate surface area is 149 Å². The number of rotatable bonds is 3. The topological polar surface area (TPSA) is 38.7 Å². The largest absolute Gasteiger partial charge is 0.208 e. The molecule has 126 valence electrons. The summed E-state index contributed by atoms with van der Waals surface area (Å²) >= 11 is 0. The van der Waals surface area contributed by atoms with Gasteiger partial charge in [0.2, 0.25) is 0 Å². The summed E-state index contributed by atoms with van der Waals surface area (Å²) in [7, 11) is 0. The zero-order valence-corrected chi connectivity index (χ0v) is 13.6. The fourth-order valence-corrected chi connectivity index (χ4v) is 2.63. The molecule has 3 aromatic carbocycles. The highest BCUT2D eigenvalue weighted by molar-refractivity contribution is 5.66. The molecular weight excluding hydrogens is 332 g/mol. The second-order valence-corrected chi connectivity index (χ2v) is 5.63. The summed E-state index contributed by atoms with van der Waals surface area (Å²) in [5.41, 5.74) is 1.22. The summed E-state index contributed by atoms with van der Waals surface area (Å²) in [6, 6.07) is 22.2. The van der Waals surface area contributed by atoms with Crippen LogP contribution in [-0.4, -0.2) is 15.0 Å². The van der Waals surface area contributed by atoms with Gasteiger partial charge in [0.15, 0.2) is 17.5 Å². The molecular formula is C21H13F2N3. The Morgan fingerprint density at radius 2 is 0.885 bits per heavy atom. The molecule has 26 heavy (non-hydrogen) atoms. The maximum Gasteiger partial charge on any atom is 0.170 e. The second-order valence-electron chi connectivity index (χ2n) is 5.63. The third-order valence-electron chi connectivity index (χ3n) is 3.89. The minimum absolute atomic E-state index is 0.0340. The van der Waals surface area contributed by atoms with Crippen LogP contribution in [0.3, 0.4) is 0 Å². The van der Waals surface area contributed by atoms with E-state index in [0.29, 0.717) is 11.6 Å². The monoisotopic (exact) mass is 345 g/mol. The molecule has 0 atom stereocenters. The molecule has 0 aliphatic heterocycles. The van der Waals surface area contributed by atoms with E-state index < -0.39 is 11.6 Å². The summed E-state index contributed by atoms with van der Waals surface area (Å²) in [4.78, 5) is 13.1. The van der Waals surface area contributed by atoms with Gasteiger partial charge in [-0.15, -0.1) is 0 Å². The van der Waals surface area contributed by atoms with Gasteiger partial charge in [-0.3, -0.25) is 0 Å². The average molecular weight is 345 g/mol. The van der Waals surface area contributed by atoms with Crippen LogP contribution in [-0.2, 0) is 0 Å². The summed E-state index contributed by atoms with van der Waals surface area (Å²) in [6.07, 6.45) is 0. The van der Waals surface area contributed by atoms with Gasteiger partial charge < -0.3 is 0 Å². The number of benzene rings is 3. The van der Waals surface area contributed by atoms with Crippen molar-refractivity contribution >= 4 is 0 Å². The third-order valence-corrected chi connectivity index (χ3v) is 3.89. The molecule has 0 bridgehead atoms. The first-order chi connectivity index (χ1) is 12.7. The van der Waals surface area contributed by atoms with Gasteiger partial charge in [0.1, 0.15) is 11.6 Å². The standard InChI is InChI=1S/C21H13F2N3/c22-16-12-7-13-17(23)18(16)21-25-19(14-8-3-1-4-9-14)24-20(26-21)15-10-5-2-6-11-15/h1-13H. The fraction of sp³-hybridized carbons (Fsp3) is 0. The van der Waals surface area contributed by atoms with Gasteiger partial charge >= 0.3 is 0 Å². The van der Waals surface area contributed by atoms with Crippen LogP contribution in [0.15, 0.2) is 78.9 Å². The van der Waals surface area contributed by atoms with Crippen molar-refractivity contribution in [1.82, 2.24) is 15.0 Å². The number of aromatic nitrogens is 3. The van der Waals surface area contributed by atoms with Gasteiger partial charge in [-0.25, -0.2) is 23.7 Å². The number of hydrogen-bond donors (Lipinski definition) is 0. The molecule has 4 rings (SSSR count). The number of hydrogen-bond acceptors (Lipinski definition) is 3. The first-order valence-corrected chi connectivity index (χ1v) is 8.03. The molecule has 0 saturated heterocycles. The summed E-state index contributed by atoms with van der Waals surface area (Å²) in [6.45, 7) is 0. The predicted octanol–water partition coefficient (Wildman–Crippen LogP) is 5.15. The Balaban J connectivity index is 1.97. The van der Waals surface area contributed by atoms with E-state index in [2.05, 4.69) is 15.0 Å². The van der Waals surface area contributed by atoms with E-state index >= 15 is 0 Å². The smallest absolute Gasteiger partial charge is 0.170 e. The van der Waals surface area contributed by atoms with Crippen molar-refractivity contribution in [2.24, 2.45) is 0 Å². The Morgan fingerprint density at radius 3 is 1.35 bits per heavy atom. The lowest BCUT2D eigenvalue weighted by molar-refractivity contribution is 0.587. The lowest BCUT2D eigenvalue weighted by Gasteiger charge is -2.09. The molecule has 0 saturated carbocycles. The van der Waals surface area contributed by atoms with E-state index in [1.54, 1.807) is 0 Å². The molecule has 3 nitrogen and oxygen atoms in total. The van der Waals surface area contributed by atoms with Crippen LogP contribution in [0.5, 0.6) is 0 Å². The van der Waals surface area contributed by atoms with Crippen LogP contribution >= 0.6 is 0 Å². The van der Waals surface area contributed by atoms with E-state index in [4.69, 9.17) is 0 Å². The van der Waals surface area contributed by atoms with E-state index in [-0.39, 0.29) is 11.4 Å². The highest BCUT2D eigenvalue weighted by Gasteiger charge is 2.17. The Kier molecular flexibility index (Phi) is 4.19. The molecule has 1 aromatic heterocycles. The molecule has 0 spiro atoms. The highest BCUT2D eigenvalue weighted by atomic mass is 19.1. The third kappa shape index (κ3) is 3.07. The van der Waals surface area contributed by atoms with E-state index in [1.165, 1.54) is 18.2 Å². The minimum atomic E-state index is -0.714. The fourth-order valence-electron chi connectivity index (χ4n) is 2.63. The van der Waals surface area contributed by atoms with Gasteiger partial charge in [-0.1, -0.05) is 66.7 Å². The number of halogens is 2. The molecule has 0 fully saturated rings. The zero-order chi connectivity index (χ0) is 17.9. The van der Waals surface area contributed by atoms with Crippen molar-refractivity contribution in [3.63, 3.8) is 0 Å². The molecule has 0 aliphatic carbocycles. The van der Waals surface area contributed by atoms with E-state index in [1.807, 2.05) is 60.7 Å². The van der Waals surface area contributed by atoms with Crippen molar-refractivity contribution in [2.75, 3.05) is 0 Å². The molecule has 5 heteroatoms. The van der Waals surface area contributed by atoms with Crippen LogP contribution in [0.2, 0.25) is 0 Å². The number of nitrogens with zero attached hydrogens (tertiary/aromatic N) is 3. The quantitative estimate of drug-likeness (QED) is 0.515. The van der Waals surface area contributed by atoms with Crippen molar-refractivity contribution < 1.29 is 8.78 Å². The van der Waals surface area contributed by atoms with E-state index in [0.717, 1.165) is 11.1 Å². The van der Waals surface area contributed by atoms with Crippen LogP contribution in [0, 0.1) is 11.6 Å². The predicted molar refractivity (Wildman–Crippen MR) is 96.1 cm³/mol. The van der Waals surface area contributed by atoms with Crippen LogP contribution in [0.1, 0.15) is 0 Å². The molecule has 1 heterocycles. The van der Waals surface area contributed by atoms with Gasteiger partial charge in [0, 0.05) is 11.1 Å². The normalized spacial score (nSPS) is 10.7. The van der Waals surface area contributed by atoms with Gasteiger partial charge in [0.25, 0.3) is 0 Å². The van der Waals surface area contributed by atoms with Gasteiger partial charge in [-0.2, -0.15) is 0 Å². The Hall–Kier alpha value is -3.47. The lowest BCUT2D eigenvalue weighted by atomic mass is 10.1. The summed E-state index contributed by atoms with van der Waals surface area (Å²) in [5.74, 6) is -0.744. The van der Waals surface area contributed by atoms with Crippen LogP contribution in [0.25, 0.3) is 34.2 Å². The zero-order valence-electron chi connectivity index (χ0n) is 13.6. The van der Waals surface area contributed by atoms with E-state index in [9.17, 15) is 8.78 Å². The summed E-state index contributed by atoms with van der Waals surface area (Å²) in [5, 5.41) is 0. The Morgan fingerprint density at radius 1 is 0.462 bits per heavy atom. The first kappa shape index (κ1) is 16.0. The SMILES string of the molecule is Fc1cccc(F)c1-c1nc(-c2ccccc2)nc(-c2ccccc2)n1. The molecule has 0 N–H and O–H groups in total. The van der Waals surface area contributed by atoms with Crippen LogP contribution in [0.4, 0.5) is 8.78 Å². The molecule has 0 amide bonds. The maximum atomic E-state index is 14.3. The minimum Gasteiger partial charge on any atom is -0.208 e. The van der Waals surface area contributed by atoms with Crippen molar-refractivity contribution in [3.05, 3.63) is 90.5 Å². The van der Waals surface area contributed by atoms with Crippen LogP contribution < -0.4 is 0 Å². The first-order valence-electron chi connectivity index (χ1n) is 8.03. The van der Waals surface area contributed by atoms with Gasteiger partial charge in [0.05, 0.1) is 5.56 Å². The highest BCUT2D eigenvalue weighted by Crippen LogP contribution is 2.27. The molecule has 4 aromatic rings. The summed E-state index contributed by atoms with van der Waals surface area (Å²) < 4.78 is 28.5. The Bertz CT molecular complexity index is 973. The average Bonchev–Trinajstić information content (AvgIpc) is 2.69. The second kappa shape index (κ2) is 6.80. The van der Waals surface area contributed by atoms with Crippen molar-refractivity contribution in [1.29, 1.82) is 0 Å². The van der Waals surface area contributed by atoms with Crippen molar-refractivity contribution in [3.8, 4) is 34.2 Å². The molecule has 0 radical (unpaired) electrons. The lowest BCUT2D eigenvalue weighted by Crippen LogP contribution is -2.02.